The van der Waals surface area contributed by atoms with Gasteiger partial charge >= 0.3 is 0 Å². The zero-order valence-corrected chi connectivity index (χ0v) is 16.5. The van der Waals surface area contributed by atoms with Crippen LogP contribution in [0.5, 0.6) is 0 Å². The molecular formula is C22H29N3O3. The molecule has 3 aliphatic rings. The van der Waals surface area contributed by atoms with E-state index < -0.39 is 0 Å². The van der Waals surface area contributed by atoms with Gasteiger partial charge in [0.25, 0.3) is 5.91 Å². The van der Waals surface area contributed by atoms with Crippen LogP contribution in [-0.2, 0) is 4.74 Å². The molecule has 0 saturated carbocycles. The number of nitrogens with zero attached hydrogens (tertiary/aromatic N) is 2. The molecule has 6 heteroatoms. The predicted molar refractivity (Wildman–Crippen MR) is 106 cm³/mol. The average Bonchev–Trinajstić information content (AvgIpc) is 3.14. The van der Waals surface area contributed by atoms with Gasteiger partial charge in [-0.1, -0.05) is 12.5 Å². The average molecular weight is 383 g/mol. The number of hydrogen-bond acceptors (Lipinski definition) is 5. The Kier molecular flexibility index (Phi) is 4.85. The molecule has 3 aliphatic heterocycles. The normalized spacial score (nSPS) is 29.1. The van der Waals surface area contributed by atoms with E-state index in [0.29, 0.717) is 28.7 Å². The summed E-state index contributed by atoms with van der Waals surface area (Å²) in [5.74, 6) is 1.00. The van der Waals surface area contributed by atoms with Gasteiger partial charge in [-0.25, -0.2) is 4.98 Å². The van der Waals surface area contributed by atoms with Crippen molar-refractivity contribution < 1.29 is 13.9 Å². The summed E-state index contributed by atoms with van der Waals surface area (Å²) in [6, 6.07) is 7.10. The summed E-state index contributed by atoms with van der Waals surface area (Å²) in [7, 11) is 2.24. The van der Waals surface area contributed by atoms with Gasteiger partial charge in [0.2, 0.25) is 0 Å². The highest BCUT2D eigenvalue weighted by molar-refractivity contribution is 6.04. The lowest BCUT2D eigenvalue weighted by Crippen LogP contribution is -2.55. The molecule has 6 nitrogen and oxygen atoms in total. The Morgan fingerprint density at radius 3 is 2.64 bits per heavy atom. The Morgan fingerprint density at radius 1 is 1.14 bits per heavy atom. The molecule has 2 atom stereocenters. The van der Waals surface area contributed by atoms with Crippen molar-refractivity contribution in [1.29, 1.82) is 0 Å². The zero-order chi connectivity index (χ0) is 19.1. The maximum Gasteiger partial charge on any atom is 0.253 e. The molecule has 2 aromatic rings. The number of fused-ring (bicyclic) bond motifs is 3. The monoisotopic (exact) mass is 383 g/mol. The van der Waals surface area contributed by atoms with Gasteiger partial charge in [-0.2, -0.15) is 0 Å². The molecule has 28 heavy (non-hydrogen) atoms. The lowest BCUT2D eigenvalue weighted by atomic mass is 9.82. The molecule has 1 aromatic heterocycles. The topological polar surface area (TPSA) is 67.6 Å². The molecule has 4 heterocycles. The summed E-state index contributed by atoms with van der Waals surface area (Å²) in [6.45, 7) is 1.49. The highest BCUT2D eigenvalue weighted by atomic mass is 16.5. The molecule has 0 aliphatic carbocycles. The van der Waals surface area contributed by atoms with Crippen molar-refractivity contribution in [1.82, 2.24) is 15.2 Å². The second kappa shape index (κ2) is 7.48. The Bertz CT molecular complexity index is 844. The number of aromatic nitrogens is 1. The number of rotatable bonds is 3. The molecule has 0 radical (unpaired) electrons. The highest BCUT2D eigenvalue weighted by Crippen LogP contribution is 2.33. The third kappa shape index (κ3) is 3.33. The van der Waals surface area contributed by atoms with E-state index in [4.69, 9.17) is 14.1 Å². The summed E-state index contributed by atoms with van der Waals surface area (Å²) < 4.78 is 11.5. The van der Waals surface area contributed by atoms with Gasteiger partial charge in [-0.05, 0) is 57.7 Å². The van der Waals surface area contributed by atoms with Crippen LogP contribution in [0.4, 0.5) is 0 Å². The standard InChI is InChI=1S/C22H29N3O3/c1-25-16-4-2-5-17(25)13-15(12-16)23-21(26)18-6-3-7-19-20(18)24-22(28-19)14-8-10-27-11-9-14/h3,6-7,14-17H,2,4-5,8-13H2,1H3,(H,23,26). The third-order valence-corrected chi connectivity index (χ3v) is 6.93. The fraction of sp³-hybridized carbons (Fsp3) is 0.636. The fourth-order valence-electron chi connectivity index (χ4n) is 5.26. The van der Waals surface area contributed by atoms with Crippen LogP contribution in [-0.4, -0.2) is 54.2 Å². The first-order valence-electron chi connectivity index (χ1n) is 10.7. The maximum absolute atomic E-state index is 13.1. The summed E-state index contributed by atoms with van der Waals surface area (Å²) in [6.07, 6.45) is 7.73. The van der Waals surface area contributed by atoms with E-state index in [1.807, 2.05) is 18.2 Å². The molecule has 5 rings (SSSR count). The number of hydrogen-bond donors (Lipinski definition) is 1. The number of amides is 1. The van der Waals surface area contributed by atoms with Crippen LogP contribution in [0.15, 0.2) is 22.6 Å². The highest BCUT2D eigenvalue weighted by Gasteiger charge is 2.36. The number of oxazole rings is 1. The first-order chi connectivity index (χ1) is 13.7. The Labute approximate surface area is 165 Å². The van der Waals surface area contributed by atoms with Crippen LogP contribution in [0.3, 0.4) is 0 Å². The van der Waals surface area contributed by atoms with Crippen molar-refractivity contribution >= 4 is 17.0 Å². The molecule has 1 aromatic carbocycles. The summed E-state index contributed by atoms with van der Waals surface area (Å²) >= 11 is 0. The number of ether oxygens (including phenoxy) is 1. The smallest absolute Gasteiger partial charge is 0.253 e. The lowest BCUT2D eigenvalue weighted by Gasteiger charge is -2.47. The van der Waals surface area contributed by atoms with Gasteiger partial charge in [0.05, 0.1) is 5.56 Å². The number of carbonyl (C=O) groups excluding carboxylic acids is 1. The largest absolute Gasteiger partial charge is 0.440 e. The van der Waals surface area contributed by atoms with Crippen LogP contribution in [0.1, 0.15) is 67.1 Å². The van der Waals surface area contributed by atoms with E-state index in [-0.39, 0.29) is 17.9 Å². The molecule has 0 spiro atoms. The molecule has 1 N–H and O–H groups in total. The van der Waals surface area contributed by atoms with Crippen molar-refractivity contribution in [3.63, 3.8) is 0 Å². The van der Waals surface area contributed by atoms with Crippen molar-refractivity contribution in [2.45, 2.75) is 69.0 Å². The quantitative estimate of drug-likeness (QED) is 0.879. The van der Waals surface area contributed by atoms with Gasteiger partial charge in [-0.15, -0.1) is 0 Å². The second-order valence-electron chi connectivity index (χ2n) is 8.64. The lowest BCUT2D eigenvalue weighted by molar-refractivity contribution is 0.0463. The van der Waals surface area contributed by atoms with Gasteiger partial charge in [0.1, 0.15) is 5.52 Å². The van der Waals surface area contributed by atoms with Crippen LogP contribution in [0.2, 0.25) is 0 Å². The van der Waals surface area contributed by atoms with E-state index >= 15 is 0 Å². The van der Waals surface area contributed by atoms with Crippen molar-refractivity contribution in [3.8, 4) is 0 Å². The molecule has 3 saturated heterocycles. The zero-order valence-electron chi connectivity index (χ0n) is 16.5. The Balaban J connectivity index is 1.35. The molecule has 2 bridgehead atoms. The van der Waals surface area contributed by atoms with E-state index in [2.05, 4.69) is 17.3 Å². The first kappa shape index (κ1) is 18.1. The van der Waals surface area contributed by atoms with Crippen molar-refractivity contribution in [2.24, 2.45) is 0 Å². The van der Waals surface area contributed by atoms with Crippen LogP contribution in [0, 0.1) is 0 Å². The van der Waals surface area contributed by atoms with E-state index in [0.717, 1.165) is 44.8 Å². The number of carbonyl (C=O) groups is 1. The second-order valence-corrected chi connectivity index (χ2v) is 8.64. The molecule has 3 fully saturated rings. The van der Waals surface area contributed by atoms with Crippen molar-refractivity contribution in [3.05, 3.63) is 29.7 Å². The minimum absolute atomic E-state index is 0.0231. The molecular weight excluding hydrogens is 354 g/mol. The first-order valence-corrected chi connectivity index (χ1v) is 10.7. The van der Waals surface area contributed by atoms with Crippen molar-refractivity contribution in [2.75, 3.05) is 20.3 Å². The number of benzene rings is 1. The van der Waals surface area contributed by atoms with E-state index in [1.165, 1.54) is 19.3 Å². The van der Waals surface area contributed by atoms with Gasteiger partial charge < -0.3 is 19.4 Å². The van der Waals surface area contributed by atoms with E-state index in [9.17, 15) is 4.79 Å². The SMILES string of the molecule is CN1C2CCCC1CC(NC(=O)c1cccc3oc(C4CCOCC4)nc13)C2. The molecule has 150 valence electrons. The maximum atomic E-state index is 13.1. The summed E-state index contributed by atoms with van der Waals surface area (Å²) in [5.41, 5.74) is 2.02. The Hall–Kier alpha value is -1.92. The number of nitrogens with one attached hydrogen (secondary N) is 1. The van der Waals surface area contributed by atoms with Gasteiger partial charge in [0, 0.05) is 37.3 Å². The third-order valence-electron chi connectivity index (χ3n) is 6.93. The minimum Gasteiger partial charge on any atom is -0.440 e. The molecule has 1 amide bonds. The fourth-order valence-corrected chi connectivity index (χ4v) is 5.26. The molecule has 2 unspecified atom stereocenters. The van der Waals surface area contributed by atoms with Crippen LogP contribution < -0.4 is 5.32 Å². The van der Waals surface area contributed by atoms with Crippen LogP contribution >= 0.6 is 0 Å². The predicted octanol–water partition coefficient (Wildman–Crippen LogP) is 3.47. The van der Waals surface area contributed by atoms with E-state index in [1.54, 1.807) is 0 Å². The number of para-hydroxylation sites is 1. The summed E-state index contributed by atoms with van der Waals surface area (Å²) in [5, 5.41) is 3.30. The van der Waals surface area contributed by atoms with Gasteiger partial charge in [0.15, 0.2) is 11.5 Å². The number of piperidine rings is 2. The van der Waals surface area contributed by atoms with Crippen LogP contribution in [0.25, 0.3) is 11.1 Å². The summed E-state index contributed by atoms with van der Waals surface area (Å²) in [4.78, 5) is 20.3. The van der Waals surface area contributed by atoms with Gasteiger partial charge in [-0.3, -0.25) is 4.79 Å². The minimum atomic E-state index is -0.0231. The Morgan fingerprint density at radius 2 is 1.89 bits per heavy atom.